The lowest BCUT2D eigenvalue weighted by molar-refractivity contribution is 0.327. The van der Waals surface area contributed by atoms with E-state index >= 15 is 0 Å². The van der Waals surface area contributed by atoms with Gasteiger partial charge in [-0.25, -0.2) is 4.39 Å². The first-order chi connectivity index (χ1) is 4.90. The number of hydrogen-bond donors (Lipinski definition) is 0. The average Bonchev–Trinajstić information content (AvgIpc) is 2.42. The summed E-state index contributed by atoms with van der Waals surface area (Å²) >= 11 is 0. The monoisotopic (exact) mass is 141 g/mol. The van der Waals surface area contributed by atoms with Gasteiger partial charge >= 0.3 is 0 Å². The van der Waals surface area contributed by atoms with E-state index < -0.39 is 0 Å². The zero-order valence-electron chi connectivity index (χ0n) is 6.02. The zero-order valence-corrected chi connectivity index (χ0v) is 6.02. The van der Waals surface area contributed by atoms with E-state index in [0.717, 1.165) is 24.9 Å². The van der Waals surface area contributed by atoms with E-state index in [0.29, 0.717) is 6.04 Å². The lowest BCUT2D eigenvalue weighted by atomic mass is 10.1. The molecule has 0 aromatic carbocycles. The third-order valence-electron chi connectivity index (χ3n) is 2.56. The van der Waals surface area contributed by atoms with Crippen LogP contribution in [0.25, 0.3) is 0 Å². The van der Waals surface area contributed by atoms with Gasteiger partial charge in [0.25, 0.3) is 0 Å². The molecule has 10 heavy (non-hydrogen) atoms. The second-order valence-corrected chi connectivity index (χ2v) is 3.24. The highest BCUT2D eigenvalue weighted by Crippen LogP contribution is 2.30. The Bertz CT molecular complexity index is 151. The normalized spacial score (nSPS) is 37.3. The molecule has 2 saturated heterocycles. The van der Waals surface area contributed by atoms with Gasteiger partial charge in [-0.1, -0.05) is 0 Å². The fourth-order valence-electron chi connectivity index (χ4n) is 2.04. The maximum absolute atomic E-state index is 12.0. The van der Waals surface area contributed by atoms with Gasteiger partial charge in [0, 0.05) is 12.6 Å². The first-order valence-electron chi connectivity index (χ1n) is 3.92. The Hall–Kier alpha value is -0.370. The van der Waals surface area contributed by atoms with Crippen LogP contribution in [0.15, 0.2) is 11.9 Å². The van der Waals surface area contributed by atoms with Gasteiger partial charge in [0.2, 0.25) is 0 Å². The Morgan fingerprint density at radius 2 is 2.50 bits per heavy atom. The molecule has 0 N–H and O–H groups in total. The predicted molar refractivity (Wildman–Crippen MR) is 38.4 cm³/mol. The largest absolute Gasteiger partial charge is 0.296 e. The van der Waals surface area contributed by atoms with Gasteiger partial charge in [0.1, 0.15) is 0 Å². The molecule has 2 rings (SSSR count). The number of rotatable bonds is 0. The van der Waals surface area contributed by atoms with Gasteiger partial charge in [-0.3, -0.25) is 4.90 Å². The van der Waals surface area contributed by atoms with E-state index in [4.69, 9.17) is 0 Å². The molecular formula is C8H12FN. The second-order valence-electron chi connectivity index (χ2n) is 3.24. The summed E-state index contributed by atoms with van der Waals surface area (Å²) in [5.41, 5.74) is 0.990. The quantitative estimate of drug-likeness (QED) is 0.496. The van der Waals surface area contributed by atoms with Crippen LogP contribution in [0.3, 0.4) is 0 Å². The van der Waals surface area contributed by atoms with Crippen LogP contribution < -0.4 is 0 Å². The van der Waals surface area contributed by atoms with Crippen LogP contribution in [0.2, 0.25) is 0 Å². The molecule has 2 aliphatic rings. The van der Waals surface area contributed by atoms with Crippen LogP contribution in [-0.4, -0.2) is 24.0 Å². The van der Waals surface area contributed by atoms with E-state index in [2.05, 4.69) is 4.90 Å². The minimum atomic E-state index is 0.682. The van der Waals surface area contributed by atoms with Crippen LogP contribution in [0.1, 0.15) is 19.3 Å². The molecule has 56 valence electrons. The molecule has 0 aromatic rings. The van der Waals surface area contributed by atoms with Gasteiger partial charge in [-0.2, -0.15) is 0 Å². The molecular weight excluding hydrogens is 129 g/mol. The third kappa shape index (κ3) is 0.870. The van der Waals surface area contributed by atoms with E-state index in [-0.39, 0.29) is 0 Å². The van der Waals surface area contributed by atoms with Crippen molar-refractivity contribution < 1.29 is 4.39 Å². The van der Waals surface area contributed by atoms with Crippen molar-refractivity contribution in [1.29, 1.82) is 0 Å². The summed E-state index contributed by atoms with van der Waals surface area (Å²) in [5.74, 6) is 0. The molecule has 1 unspecified atom stereocenters. The van der Waals surface area contributed by atoms with Crippen LogP contribution >= 0.6 is 0 Å². The molecule has 0 bridgehead atoms. The molecule has 1 nitrogen and oxygen atoms in total. The van der Waals surface area contributed by atoms with Crippen molar-refractivity contribution in [2.75, 3.05) is 13.1 Å². The molecule has 1 atom stereocenters. The van der Waals surface area contributed by atoms with Crippen molar-refractivity contribution in [1.82, 2.24) is 4.90 Å². The Balaban J connectivity index is 2.07. The van der Waals surface area contributed by atoms with Crippen molar-refractivity contribution in [3.05, 3.63) is 11.9 Å². The molecule has 0 radical (unpaired) electrons. The Morgan fingerprint density at radius 3 is 3.20 bits per heavy atom. The fraction of sp³-hybridized carbons (Fsp3) is 0.750. The molecule has 2 fully saturated rings. The summed E-state index contributed by atoms with van der Waals surface area (Å²) in [4.78, 5) is 2.38. The van der Waals surface area contributed by atoms with Crippen LogP contribution in [0, 0.1) is 0 Å². The minimum Gasteiger partial charge on any atom is -0.296 e. The maximum Gasteiger partial charge on any atom is 0.0872 e. The molecule has 2 heteroatoms. The summed E-state index contributed by atoms with van der Waals surface area (Å²) < 4.78 is 12.0. The maximum atomic E-state index is 12.0. The predicted octanol–water partition coefficient (Wildman–Crippen LogP) is 1.71. The van der Waals surface area contributed by atoms with Gasteiger partial charge in [0.05, 0.1) is 6.33 Å². The Morgan fingerprint density at radius 1 is 1.60 bits per heavy atom. The lowest BCUT2D eigenvalue weighted by Crippen LogP contribution is -2.21. The van der Waals surface area contributed by atoms with Crippen molar-refractivity contribution in [2.45, 2.75) is 25.3 Å². The van der Waals surface area contributed by atoms with Gasteiger partial charge in [-0.05, 0) is 31.4 Å². The van der Waals surface area contributed by atoms with E-state index in [1.807, 2.05) is 0 Å². The van der Waals surface area contributed by atoms with E-state index in [9.17, 15) is 4.39 Å². The van der Waals surface area contributed by atoms with Crippen molar-refractivity contribution in [3.8, 4) is 0 Å². The summed E-state index contributed by atoms with van der Waals surface area (Å²) in [7, 11) is 0. The van der Waals surface area contributed by atoms with Crippen LogP contribution in [0.4, 0.5) is 4.39 Å². The van der Waals surface area contributed by atoms with Crippen molar-refractivity contribution in [3.63, 3.8) is 0 Å². The Labute approximate surface area is 60.5 Å². The van der Waals surface area contributed by atoms with Crippen molar-refractivity contribution >= 4 is 0 Å². The van der Waals surface area contributed by atoms with Gasteiger partial charge in [-0.15, -0.1) is 0 Å². The standard InChI is InChI=1S/C8H12FN/c9-5-7-4-8-2-1-3-10(8)6-7/h5,8H,1-4,6H2/b7-5+. The molecule has 0 aliphatic carbocycles. The molecule has 0 saturated carbocycles. The molecule has 0 amide bonds. The molecule has 2 aliphatic heterocycles. The third-order valence-corrected chi connectivity index (χ3v) is 2.56. The van der Waals surface area contributed by atoms with E-state index in [1.165, 1.54) is 19.4 Å². The summed E-state index contributed by atoms with van der Waals surface area (Å²) in [6, 6.07) is 0.682. The SMILES string of the molecule is F/C=C1\CC2CCCN2C1. The summed E-state index contributed by atoms with van der Waals surface area (Å²) in [5, 5.41) is 0. The topological polar surface area (TPSA) is 3.24 Å². The van der Waals surface area contributed by atoms with Gasteiger partial charge in [0.15, 0.2) is 0 Å². The number of halogens is 1. The number of hydrogen-bond acceptors (Lipinski definition) is 1. The summed E-state index contributed by atoms with van der Waals surface area (Å²) in [6.07, 6.45) is 4.36. The van der Waals surface area contributed by atoms with Gasteiger partial charge < -0.3 is 0 Å². The average molecular weight is 141 g/mol. The fourth-order valence-corrected chi connectivity index (χ4v) is 2.04. The van der Waals surface area contributed by atoms with Crippen molar-refractivity contribution in [2.24, 2.45) is 0 Å². The second kappa shape index (κ2) is 2.35. The van der Waals surface area contributed by atoms with Crippen LogP contribution in [0.5, 0.6) is 0 Å². The Kier molecular flexibility index (Phi) is 1.49. The highest BCUT2D eigenvalue weighted by molar-refractivity contribution is 5.11. The molecule has 2 heterocycles. The lowest BCUT2D eigenvalue weighted by Gasteiger charge is -2.11. The molecule has 0 spiro atoms. The number of fused-ring (bicyclic) bond motifs is 1. The van der Waals surface area contributed by atoms with Crippen LogP contribution in [-0.2, 0) is 0 Å². The summed E-state index contributed by atoms with van der Waals surface area (Å²) in [6.45, 7) is 2.07. The first kappa shape index (κ1) is 6.35. The molecule has 0 aromatic heterocycles. The smallest absolute Gasteiger partial charge is 0.0872 e. The zero-order chi connectivity index (χ0) is 6.97. The highest BCUT2D eigenvalue weighted by Gasteiger charge is 2.31. The minimum absolute atomic E-state index is 0.682. The first-order valence-corrected chi connectivity index (χ1v) is 3.92. The highest BCUT2D eigenvalue weighted by atomic mass is 19.1. The van der Waals surface area contributed by atoms with E-state index in [1.54, 1.807) is 0 Å². The number of nitrogens with zero attached hydrogens (tertiary/aromatic N) is 1.